The molecule has 0 unspecified atom stereocenters. The van der Waals surface area contributed by atoms with E-state index < -0.39 is 0 Å². The highest BCUT2D eigenvalue weighted by atomic mass is 35.5. The minimum absolute atomic E-state index is 0.203. The number of hydrogen-bond acceptors (Lipinski definition) is 3. The van der Waals surface area contributed by atoms with Gasteiger partial charge in [0.2, 0.25) is 5.91 Å². The fraction of sp³-hybridized carbons (Fsp3) is 0.235. The van der Waals surface area contributed by atoms with Gasteiger partial charge in [-0.1, -0.05) is 23.7 Å². The molecule has 6 nitrogen and oxygen atoms in total. The lowest BCUT2D eigenvalue weighted by Crippen LogP contribution is -2.15. The molecule has 0 aliphatic heterocycles. The third-order valence-corrected chi connectivity index (χ3v) is 3.82. The van der Waals surface area contributed by atoms with Crippen LogP contribution in [0.25, 0.3) is 0 Å². The van der Waals surface area contributed by atoms with E-state index in [4.69, 9.17) is 11.6 Å². The third kappa shape index (κ3) is 4.67. The predicted octanol–water partition coefficient (Wildman–Crippen LogP) is 3.26. The van der Waals surface area contributed by atoms with Crippen molar-refractivity contribution in [2.24, 2.45) is 0 Å². The largest absolute Gasteiger partial charge is 0.308 e. The van der Waals surface area contributed by atoms with Gasteiger partial charge >= 0.3 is 0 Å². The van der Waals surface area contributed by atoms with E-state index in [-0.39, 0.29) is 18.1 Å². The van der Waals surface area contributed by atoms with Gasteiger partial charge in [-0.25, -0.2) is 4.39 Å². The third-order valence-electron chi connectivity index (χ3n) is 3.54. The molecule has 0 atom stereocenters. The van der Waals surface area contributed by atoms with E-state index >= 15 is 0 Å². The molecule has 3 rings (SSSR count). The van der Waals surface area contributed by atoms with Gasteiger partial charge in [-0.15, -0.1) is 0 Å². The molecule has 2 aromatic heterocycles. The lowest BCUT2D eigenvalue weighted by Gasteiger charge is -2.04. The maximum Gasteiger partial charge on any atom is 0.227 e. The molecular weight excluding hydrogens is 345 g/mol. The summed E-state index contributed by atoms with van der Waals surface area (Å²) in [4.78, 5) is 12.0. The van der Waals surface area contributed by atoms with E-state index in [1.807, 2.05) is 13.1 Å². The van der Waals surface area contributed by atoms with Crippen molar-refractivity contribution in [2.75, 3.05) is 5.32 Å². The fourth-order valence-electron chi connectivity index (χ4n) is 2.39. The lowest BCUT2D eigenvalue weighted by atomic mass is 10.2. The molecule has 0 bridgehead atoms. The highest BCUT2D eigenvalue weighted by Crippen LogP contribution is 2.20. The lowest BCUT2D eigenvalue weighted by molar-refractivity contribution is -0.116. The number of rotatable bonds is 6. The molecule has 0 aliphatic rings. The Morgan fingerprint density at radius 3 is 2.88 bits per heavy atom. The Kier molecular flexibility index (Phi) is 5.14. The second kappa shape index (κ2) is 7.48. The van der Waals surface area contributed by atoms with Crippen LogP contribution in [0.5, 0.6) is 0 Å². The number of aromatic nitrogens is 4. The molecule has 3 aromatic rings. The van der Waals surface area contributed by atoms with E-state index in [1.165, 1.54) is 12.1 Å². The van der Waals surface area contributed by atoms with Crippen LogP contribution in [0, 0.1) is 12.7 Å². The SMILES string of the molecule is Cc1cnn(CCC(=O)Nc2nn(Cc3cccc(F)c3)cc2Cl)c1. The quantitative estimate of drug-likeness (QED) is 0.733. The Labute approximate surface area is 149 Å². The molecular formula is C17H17ClFN5O. The Hall–Kier alpha value is -2.67. The maximum atomic E-state index is 13.2. The zero-order valence-corrected chi connectivity index (χ0v) is 14.4. The van der Waals surface area contributed by atoms with E-state index in [2.05, 4.69) is 15.5 Å². The maximum absolute atomic E-state index is 13.2. The Morgan fingerprint density at radius 1 is 1.32 bits per heavy atom. The second-order valence-electron chi connectivity index (χ2n) is 5.73. The summed E-state index contributed by atoms with van der Waals surface area (Å²) in [5, 5.41) is 11.4. The van der Waals surface area contributed by atoms with Crippen LogP contribution in [0.15, 0.2) is 42.9 Å². The van der Waals surface area contributed by atoms with Crippen LogP contribution in [0.2, 0.25) is 5.02 Å². The summed E-state index contributed by atoms with van der Waals surface area (Å²) in [6, 6.07) is 6.24. The van der Waals surface area contributed by atoms with Crippen LogP contribution in [0.4, 0.5) is 10.2 Å². The molecule has 1 amide bonds. The van der Waals surface area contributed by atoms with Crippen molar-refractivity contribution in [1.29, 1.82) is 0 Å². The molecule has 0 spiro atoms. The van der Waals surface area contributed by atoms with Gasteiger partial charge in [0.15, 0.2) is 5.82 Å². The van der Waals surface area contributed by atoms with Crippen LogP contribution in [0.3, 0.4) is 0 Å². The number of nitrogens with one attached hydrogen (secondary N) is 1. The van der Waals surface area contributed by atoms with Gasteiger partial charge in [0, 0.05) is 25.4 Å². The van der Waals surface area contributed by atoms with Crippen LogP contribution >= 0.6 is 11.6 Å². The van der Waals surface area contributed by atoms with Crippen molar-refractivity contribution in [3.8, 4) is 0 Å². The predicted molar refractivity (Wildman–Crippen MR) is 92.9 cm³/mol. The van der Waals surface area contributed by atoms with Crippen molar-refractivity contribution in [1.82, 2.24) is 19.6 Å². The first-order valence-electron chi connectivity index (χ1n) is 7.76. The Bertz CT molecular complexity index is 889. The van der Waals surface area contributed by atoms with Crippen LogP contribution in [-0.2, 0) is 17.9 Å². The molecule has 8 heteroatoms. The fourth-order valence-corrected chi connectivity index (χ4v) is 2.58. The number of benzene rings is 1. The number of halogens is 2. The molecule has 0 saturated heterocycles. The molecule has 0 radical (unpaired) electrons. The number of carbonyl (C=O) groups excluding carboxylic acids is 1. The van der Waals surface area contributed by atoms with E-state index in [0.717, 1.165) is 11.1 Å². The van der Waals surface area contributed by atoms with Gasteiger partial charge in [-0.3, -0.25) is 14.2 Å². The highest BCUT2D eigenvalue weighted by molar-refractivity contribution is 6.33. The number of carbonyl (C=O) groups is 1. The summed E-state index contributed by atoms with van der Waals surface area (Å²) >= 11 is 6.12. The average molecular weight is 362 g/mol. The van der Waals surface area contributed by atoms with Gasteiger partial charge in [0.25, 0.3) is 0 Å². The number of aryl methyl sites for hydroxylation is 2. The normalized spacial score (nSPS) is 10.8. The molecule has 0 saturated carbocycles. The first kappa shape index (κ1) is 17.2. The van der Waals surface area contributed by atoms with E-state index in [0.29, 0.717) is 23.9 Å². The van der Waals surface area contributed by atoms with Crippen molar-refractivity contribution < 1.29 is 9.18 Å². The minimum atomic E-state index is -0.307. The van der Waals surface area contributed by atoms with Crippen molar-refractivity contribution in [3.05, 3.63) is 64.8 Å². The number of nitrogens with zero attached hydrogens (tertiary/aromatic N) is 4. The monoisotopic (exact) mass is 361 g/mol. The number of hydrogen-bond donors (Lipinski definition) is 1. The number of anilines is 1. The van der Waals surface area contributed by atoms with Gasteiger partial charge in [0.1, 0.15) is 10.8 Å². The zero-order chi connectivity index (χ0) is 17.8. The topological polar surface area (TPSA) is 64.7 Å². The summed E-state index contributed by atoms with van der Waals surface area (Å²) < 4.78 is 16.5. The summed E-state index contributed by atoms with van der Waals surface area (Å²) in [5.41, 5.74) is 1.80. The smallest absolute Gasteiger partial charge is 0.227 e. The molecule has 130 valence electrons. The second-order valence-corrected chi connectivity index (χ2v) is 6.14. The highest BCUT2D eigenvalue weighted by Gasteiger charge is 2.11. The molecule has 1 N–H and O–H groups in total. The van der Waals surface area contributed by atoms with Crippen LogP contribution in [-0.4, -0.2) is 25.5 Å². The van der Waals surface area contributed by atoms with Crippen molar-refractivity contribution in [3.63, 3.8) is 0 Å². The average Bonchev–Trinajstić information content (AvgIpc) is 3.11. The van der Waals surface area contributed by atoms with E-state index in [9.17, 15) is 9.18 Å². The van der Waals surface area contributed by atoms with Gasteiger partial charge in [-0.2, -0.15) is 10.2 Å². The first-order valence-corrected chi connectivity index (χ1v) is 8.14. The van der Waals surface area contributed by atoms with E-state index in [1.54, 1.807) is 33.9 Å². The van der Waals surface area contributed by atoms with Crippen LogP contribution in [0.1, 0.15) is 17.5 Å². The summed E-state index contributed by atoms with van der Waals surface area (Å²) in [6.07, 6.45) is 5.46. The zero-order valence-electron chi connectivity index (χ0n) is 13.6. The van der Waals surface area contributed by atoms with Gasteiger partial charge in [-0.05, 0) is 30.2 Å². The molecule has 25 heavy (non-hydrogen) atoms. The van der Waals surface area contributed by atoms with Gasteiger partial charge in [0.05, 0.1) is 12.7 Å². The minimum Gasteiger partial charge on any atom is -0.308 e. The molecule has 0 aliphatic carbocycles. The van der Waals surface area contributed by atoms with Crippen LogP contribution < -0.4 is 5.32 Å². The Balaban J connectivity index is 1.59. The Morgan fingerprint density at radius 2 is 2.16 bits per heavy atom. The standard InChI is InChI=1S/C17H17ClFN5O/c1-12-8-20-23(9-12)6-5-16(25)21-17-15(18)11-24(22-17)10-13-3-2-4-14(19)7-13/h2-4,7-9,11H,5-6,10H2,1H3,(H,21,22,25). The van der Waals surface area contributed by atoms with Crippen molar-refractivity contribution in [2.45, 2.75) is 26.4 Å². The van der Waals surface area contributed by atoms with Crippen molar-refractivity contribution >= 4 is 23.3 Å². The summed E-state index contributed by atoms with van der Waals surface area (Å²) in [6.45, 7) is 2.77. The number of amides is 1. The molecule has 0 fully saturated rings. The molecule has 2 heterocycles. The summed E-state index contributed by atoms with van der Waals surface area (Å²) in [7, 11) is 0. The first-order chi connectivity index (χ1) is 12.0. The van der Waals surface area contributed by atoms with Gasteiger partial charge < -0.3 is 5.32 Å². The molecule has 1 aromatic carbocycles. The summed E-state index contributed by atoms with van der Waals surface area (Å²) in [5.74, 6) is -0.219.